The molecule has 0 bridgehead atoms. The average Bonchev–Trinajstić information content (AvgIpc) is 2.65. The summed E-state index contributed by atoms with van der Waals surface area (Å²) in [6, 6.07) is 12.6. The third-order valence-corrected chi connectivity index (χ3v) is 4.20. The van der Waals surface area contributed by atoms with E-state index in [4.69, 9.17) is 4.74 Å². The first-order chi connectivity index (χ1) is 12.5. The van der Waals surface area contributed by atoms with Crippen molar-refractivity contribution in [1.82, 2.24) is 9.55 Å². The molecular formula is C19H19N3O4. The van der Waals surface area contributed by atoms with Gasteiger partial charge in [-0.15, -0.1) is 0 Å². The lowest BCUT2D eigenvalue weighted by molar-refractivity contribution is -0.119. The number of hydrogen-bond acceptors (Lipinski definition) is 4. The van der Waals surface area contributed by atoms with E-state index in [1.54, 1.807) is 62.6 Å². The minimum atomic E-state index is -0.919. The first-order valence-corrected chi connectivity index (χ1v) is 8.23. The Morgan fingerprint density at radius 3 is 2.50 bits per heavy atom. The molecule has 2 aromatic carbocycles. The molecule has 0 aliphatic heterocycles. The Labute approximate surface area is 149 Å². The monoisotopic (exact) mass is 353 g/mol. The van der Waals surface area contributed by atoms with Gasteiger partial charge in [0.15, 0.2) is 0 Å². The highest BCUT2D eigenvalue weighted by atomic mass is 16.5. The van der Waals surface area contributed by atoms with Gasteiger partial charge in [0, 0.05) is 5.69 Å². The maximum absolute atomic E-state index is 12.7. The number of carbonyl (C=O) groups excluding carboxylic acids is 1. The van der Waals surface area contributed by atoms with Crippen molar-refractivity contribution in [2.24, 2.45) is 0 Å². The van der Waals surface area contributed by atoms with Crippen LogP contribution in [0.5, 0.6) is 5.75 Å². The number of nitrogens with zero attached hydrogens (tertiary/aromatic N) is 1. The Balaban J connectivity index is 1.97. The number of H-pyrrole nitrogens is 1. The summed E-state index contributed by atoms with van der Waals surface area (Å²) in [5.74, 6) is 0.234. The summed E-state index contributed by atoms with van der Waals surface area (Å²) in [5.41, 5.74) is -0.0878. The molecule has 1 atom stereocenters. The van der Waals surface area contributed by atoms with Crippen LogP contribution in [0.15, 0.2) is 58.1 Å². The van der Waals surface area contributed by atoms with Crippen LogP contribution in [0.4, 0.5) is 5.69 Å². The van der Waals surface area contributed by atoms with Crippen LogP contribution < -0.4 is 21.3 Å². The zero-order chi connectivity index (χ0) is 18.7. The predicted molar refractivity (Wildman–Crippen MR) is 99.8 cm³/mol. The Hall–Kier alpha value is -3.35. The first-order valence-electron chi connectivity index (χ1n) is 8.23. The number of carbonyl (C=O) groups is 1. The van der Waals surface area contributed by atoms with E-state index < -0.39 is 23.2 Å². The van der Waals surface area contributed by atoms with Crippen molar-refractivity contribution in [2.45, 2.75) is 19.4 Å². The number of rotatable bonds is 5. The van der Waals surface area contributed by atoms with Gasteiger partial charge in [0.1, 0.15) is 11.8 Å². The Morgan fingerprint density at radius 1 is 1.15 bits per heavy atom. The molecule has 1 heterocycles. The Kier molecular flexibility index (Phi) is 4.88. The molecular weight excluding hydrogens is 334 g/mol. The molecule has 0 unspecified atom stereocenters. The van der Waals surface area contributed by atoms with E-state index in [1.807, 2.05) is 0 Å². The number of methoxy groups -OCH3 is 1. The second-order valence-corrected chi connectivity index (χ2v) is 5.79. The number of nitrogens with one attached hydrogen (secondary N) is 2. The highest BCUT2D eigenvalue weighted by Gasteiger charge is 2.23. The van der Waals surface area contributed by atoms with E-state index in [0.29, 0.717) is 28.8 Å². The summed E-state index contributed by atoms with van der Waals surface area (Å²) in [6.07, 6.45) is 0.295. The Bertz CT molecular complexity index is 1050. The molecule has 7 heteroatoms. The standard InChI is InChI=1S/C19H19N3O4/c1-3-16(17(23)20-12-8-10-13(26-2)11-9-12)22-18(24)14-6-4-5-7-15(14)21-19(22)25/h4-11,16H,3H2,1-2H3,(H,20,23)(H,21,25)/t16-/m1/s1. The molecule has 2 N–H and O–H groups in total. The quantitative estimate of drug-likeness (QED) is 0.736. The fraction of sp³-hybridized carbons (Fsp3) is 0.211. The number of para-hydroxylation sites is 1. The smallest absolute Gasteiger partial charge is 0.329 e. The van der Waals surface area contributed by atoms with Gasteiger partial charge >= 0.3 is 5.69 Å². The molecule has 0 saturated carbocycles. The van der Waals surface area contributed by atoms with Crippen molar-refractivity contribution in [3.63, 3.8) is 0 Å². The van der Waals surface area contributed by atoms with Crippen molar-refractivity contribution in [3.8, 4) is 5.75 Å². The average molecular weight is 353 g/mol. The molecule has 0 aliphatic rings. The van der Waals surface area contributed by atoms with Crippen LogP contribution in [0, 0.1) is 0 Å². The molecule has 1 aromatic heterocycles. The van der Waals surface area contributed by atoms with E-state index in [2.05, 4.69) is 10.3 Å². The van der Waals surface area contributed by atoms with Gasteiger partial charge in [-0.25, -0.2) is 9.36 Å². The highest BCUT2D eigenvalue weighted by molar-refractivity contribution is 5.94. The number of ether oxygens (including phenoxy) is 1. The second kappa shape index (κ2) is 7.26. The van der Waals surface area contributed by atoms with Crippen molar-refractivity contribution in [1.29, 1.82) is 0 Å². The van der Waals surface area contributed by atoms with Crippen LogP contribution in [0.1, 0.15) is 19.4 Å². The minimum absolute atomic E-state index is 0.295. The van der Waals surface area contributed by atoms with E-state index in [0.717, 1.165) is 4.57 Å². The number of hydrogen-bond donors (Lipinski definition) is 2. The number of aromatic amines is 1. The maximum Gasteiger partial charge on any atom is 0.329 e. The lowest BCUT2D eigenvalue weighted by Crippen LogP contribution is -2.42. The third kappa shape index (κ3) is 3.23. The summed E-state index contributed by atoms with van der Waals surface area (Å²) in [4.78, 5) is 40.5. The van der Waals surface area contributed by atoms with Crippen LogP contribution >= 0.6 is 0 Å². The van der Waals surface area contributed by atoms with Crippen LogP contribution in [0.25, 0.3) is 10.9 Å². The van der Waals surface area contributed by atoms with Gasteiger partial charge in [-0.2, -0.15) is 0 Å². The largest absolute Gasteiger partial charge is 0.497 e. The fourth-order valence-electron chi connectivity index (χ4n) is 2.84. The molecule has 26 heavy (non-hydrogen) atoms. The van der Waals surface area contributed by atoms with Gasteiger partial charge < -0.3 is 15.0 Å². The lowest BCUT2D eigenvalue weighted by Gasteiger charge is -2.17. The summed E-state index contributed by atoms with van der Waals surface area (Å²) in [5, 5.41) is 3.10. The number of benzene rings is 2. The van der Waals surface area contributed by atoms with Gasteiger partial charge in [-0.1, -0.05) is 19.1 Å². The molecule has 7 nitrogen and oxygen atoms in total. The lowest BCUT2D eigenvalue weighted by atomic mass is 10.1. The van der Waals surface area contributed by atoms with Gasteiger partial charge in [-0.3, -0.25) is 9.59 Å². The molecule has 3 aromatic rings. The topological polar surface area (TPSA) is 93.2 Å². The first kappa shape index (κ1) is 17.5. The molecule has 0 fully saturated rings. The fourth-order valence-corrected chi connectivity index (χ4v) is 2.84. The summed E-state index contributed by atoms with van der Waals surface area (Å²) < 4.78 is 6.05. The summed E-state index contributed by atoms with van der Waals surface area (Å²) in [6.45, 7) is 1.75. The minimum Gasteiger partial charge on any atom is -0.497 e. The SMILES string of the molecule is CC[C@H](C(=O)Nc1ccc(OC)cc1)n1c(=O)[nH]c2ccccc2c1=O. The second-order valence-electron chi connectivity index (χ2n) is 5.79. The normalized spacial score (nSPS) is 11.9. The molecule has 1 amide bonds. The molecule has 0 radical (unpaired) electrons. The van der Waals surface area contributed by atoms with E-state index >= 15 is 0 Å². The number of amides is 1. The molecule has 0 spiro atoms. The van der Waals surface area contributed by atoms with E-state index in [-0.39, 0.29) is 0 Å². The number of anilines is 1. The third-order valence-electron chi connectivity index (χ3n) is 4.20. The van der Waals surface area contributed by atoms with Crippen LogP contribution in [0.2, 0.25) is 0 Å². The van der Waals surface area contributed by atoms with Gasteiger partial charge in [0.05, 0.1) is 18.0 Å². The highest BCUT2D eigenvalue weighted by Crippen LogP contribution is 2.17. The van der Waals surface area contributed by atoms with Gasteiger partial charge in [-0.05, 0) is 42.8 Å². The maximum atomic E-state index is 12.7. The van der Waals surface area contributed by atoms with Crippen LogP contribution in [0.3, 0.4) is 0 Å². The van der Waals surface area contributed by atoms with Crippen LogP contribution in [-0.4, -0.2) is 22.6 Å². The molecule has 0 saturated heterocycles. The molecule has 134 valence electrons. The molecule has 0 aliphatic carbocycles. The van der Waals surface area contributed by atoms with Gasteiger partial charge in [0.2, 0.25) is 5.91 Å². The van der Waals surface area contributed by atoms with Crippen molar-refractivity contribution in [2.75, 3.05) is 12.4 Å². The zero-order valence-corrected chi connectivity index (χ0v) is 14.5. The number of aromatic nitrogens is 2. The summed E-state index contributed by atoms with van der Waals surface area (Å²) in [7, 11) is 1.55. The van der Waals surface area contributed by atoms with Crippen molar-refractivity contribution < 1.29 is 9.53 Å². The van der Waals surface area contributed by atoms with Gasteiger partial charge in [0.25, 0.3) is 5.56 Å². The number of fused-ring (bicyclic) bond motifs is 1. The van der Waals surface area contributed by atoms with E-state index in [1.165, 1.54) is 0 Å². The Morgan fingerprint density at radius 2 is 1.85 bits per heavy atom. The summed E-state index contributed by atoms with van der Waals surface area (Å²) >= 11 is 0. The molecule has 3 rings (SSSR count). The van der Waals surface area contributed by atoms with Crippen LogP contribution in [-0.2, 0) is 4.79 Å². The van der Waals surface area contributed by atoms with E-state index in [9.17, 15) is 14.4 Å². The van der Waals surface area contributed by atoms with Crippen molar-refractivity contribution >= 4 is 22.5 Å². The van der Waals surface area contributed by atoms with Crippen molar-refractivity contribution in [3.05, 3.63) is 69.4 Å². The zero-order valence-electron chi connectivity index (χ0n) is 14.5. The predicted octanol–water partition coefficient (Wildman–Crippen LogP) is 2.29.